The van der Waals surface area contributed by atoms with Crippen LogP contribution in [0.25, 0.3) is 0 Å². The fourth-order valence-corrected chi connectivity index (χ4v) is 1.79. The molecule has 0 atom stereocenters. The van der Waals surface area contributed by atoms with Gasteiger partial charge in [0.1, 0.15) is 5.75 Å². The summed E-state index contributed by atoms with van der Waals surface area (Å²) in [6.07, 6.45) is 0.996. The molecule has 0 bridgehead atoms. The van der Waals surface area contributed by atoms with E-state index in [-0.39, 0.29) is 0 Å². The van der Waals surface area contributed by atoms with Crippen LogP contribution in [0.1, 0.15) is 20.3 Å². The molecule has 0 radical (unpaired) electrons. The molecule has 16 heavy (non-hydrogen) atoms. The molecule has 0 aliphatic rings. The van der Waals surface area contributed by atoms with Gasteiger partial charge >= 0.3 is 0 Å². The topological polar surface area (TPSA) is 38.5 Å². The van der Waals surface area contributed by atoms with E-state index < -0.39 is 0 Å². The fraction of sp³-hybridized carbons (Fsp3) is 0.538. The molecule has 0 aromatic heterocycles. The van der Waals surface area contributed by atoms with Gasteiger partial charge in [0.15, 0.2) is 0 Å². The maximum absolute atomic E-state index is 5.57. The third-order valence-corrected chi connectivity index (χ3v) is 2.62. The van der Waals surface area contributed by atoms with Crippen molar-refractivity contribution in [1.82, 2.24) is 0 Å². The molecule has 2 N–H and O–H groups in total. The van der Waals surface area contributed by atoms with E-state index >= 15 is 0 Å². The third kappa shape index (κ3) is 3.14. The summed E-state index contributed by atoms with van der Waals surface area (Å²) in [5, 5.41) is 0. The minimum Gasteiger partial charge on any atom is -0.495 e. The van der Waals surface area contributed by atoms with Crippen molar-refractivity contribution in [2.45, 2.75) is 26.3 Å². The first-order chi connectivity index (χ1) is 7.70. The second kappa shape index (κ2) is 6.38. The molecule has 0 amide bonds. The molecule has 0 fully saturated rings. The SMILES string of the molecule is COc1ccccc1N(CCCN)C(C)C. The van der Waals surface area contributed by atoms with Crippen molar-refractivity contribution in [1.29, 1.82) is 0 Å². The van der Waals surface area contributed by atoms with E-state index in [1.807, 2.05) is 18.2 Å². The molecule has 1 aromatic carbocycles. The number of anilines is 1. The van der Waals surface area contributed by atoms with Gasteiger partial charge in [-0.1, -0.05) is 12.1 Å². The molecule has 0 unspecified atom stereocenters. The van der Waals surface area contributed by atoms with Crippen molar-refractivity contribution in [3.63, 3.8) is 0 Å². The lowest BCUT2D eigenvalue weighted by Gasteiger charge is -2.30. The lowest BCUT2D eigenvalue weighted by Crippen LogP contribution is -2.33. The summed E-state index contributed by atoms with van der Waals surface area (Å²) in [6.45, 7) is 6.05. The molecule has 0 heterocycles. The number of rotatable bonds is 6. The Morgan fingerprint density at radius 3 is 2.56 bits per heavy atom. The Hall–Kier alpha value is -1.22. The van der Waals surface area contributed by atoms with Gasteiger partial charge in [-0.2, -0.15) is 0 Å². The molecule has 3 nitrogen and oxygen atoms in total. The summed E-state index contributed by atoms with van der Waals surface area (Å²) in [4.78, 5) is 2.33. The van der Waals surface area contributed by atoms with E-state index in [1.54, 1.807) is 7.11 Å². The lowest BCUT2D eigenvalue weighted by atomic mass is 10.2. The van der Waals surface area contributed by atoms with Gasteiger partial charge in [0.2, 0.25) is 0 Å². The Kier molecular flexibility index (Phi) is 5.12. The number of methoxy groups -OCH3 is 1. The Morgan fingerprint density at radius 2 is 2.00 bits per heavy atom. The smallest absolute Gasteiger partial charge is 0.142 e. The number of nitrogens with two attached hydrogens (primary N) is 1. The number of para-hydroxylation sites is 2. The molecular formula is C13H22N2O. The van der Waals surface area contributed by atoms with Crippen LogP contribution in [0.5, 0.6) is 5.75 Å². The number of ether oxygens (including phenoxy) is 1. The third-order valence-electron chi connectivity index (χ3n) is 2.62. The monoisotopic (exact) mass is 222 g/mol. The molecule has 3 heteroatoms. The predicted molar refractivity (Wildman–Crippen MR) is 69.1 cm³/mol. The van der Waals surface area contributed by atoms with Crippen LogP contribution < -0.4 is 15.4 Å². The molecule has 90 valence electrons. The van der Waals surface area contributed by atoms with Crippen LogP contribution in [0.4, 0.5) is 5.69 Å². The van der Waals surface area contributed by atoms with Gasteiger partial charge < -0.3 is 15.4 Å². The van der Waals surface area contributed by atoms with Gasteiger partial charge in [0, 0.05) is 12.6 Å². The van der Waals surface area contributed by atoms with E-state index in [4.69, 9.17) is 10.5 Å². The highest BCUT2D eigenvalue weighted by Crippen LogP contribution is 2.29. The summed E-state index contributed by atoms with van der Waals surface area (Å²) in [6, 6.07) is 8.56. The first kappa shape index (κ1) is 12.8. The molecule has 0 spiro atoms. The average Bonchev–Trinajstić information content (AvgIpc) is 2.29. The van der Waals surface area contributed by atoms with Crippen molar-refractivity contribution >= 4 is 5.69 Å². The molecule has 0 saturated heterocycles. The molecular weight excluding hydrogens is 200 g/mol. The van der Waals surface area contributed by atoms with Crippen LogP contribution in [0.15, 0.2) is 24.3 Å². The zero-order chi connectivity index (χ0) is 12.0. The van der Waals surface area contributed by atoms with Crippen LogP contribution in [0.2, 0.25) is 0 Å². The number of benzene rings is 1. The minimum absolute atomic E-state index is 0.447. The summed E-state index contributed by atoms with van der Waals surface area (Å²) in [5.41, 5.74) is 6.71. The molecule has 1 rings (SSSR count). The van der Waals surface area contributed by atoms with Crippen LogP contribution >= 0.6 is 0 Å². The molecule has 0 aliphatic carbocycles. The second-order valence-electron chi connectivity index (χ2n) is 4.10. The van der Waals surface area contributed by atoms with Crippen molar-refractivity contribution in [2.24, 2.45) is 5.73 Å². The van der Waals surface area contributed by atoms with Gasteiger partial charge in [0.25, 0.3) is 0 Å². The first-order valence-electron chi connectivity index (χ1n) is 5.80. The van der Waals surface area contributed by atoms with Gasteiger partial charge in [-0.25, -0.2) is 0 Å². The Bertz CT molecular complexity index is 313. The van der Waals surface area contributed by atoms with Gasteiger partial charge in [-0.3, -0.25) is 0 Å². The second-order valence-corrected chi connectivity index (χ2v) is 4.10. The molecule has 0 saturated carbocycles. The lowest BCUT2D eigenvalue weighted by molar-refractivity contribution is 0.413. The Morgan fingerprint density at radius 1 is 1.31 bits per heavy atom. The summed E-state index contributed by atoms with van der Waals surface area (Å²) >= 11 is 0. The standard InChI is InChI=1S/C13H22N2O/c1-11(2)15(10-6-9-14)12-7-4-5-8-13(12)16-3/h4-5,7-8,11H,6,9-10,14H2,1-3H3. The molecule has 0 aliphatic heterocycles. The van der Waals surface area contributed by atoms with Crippen molar-refractivity contribution in [2.75, 3.05) is 25.1 Å². The van der Waals surface area contributed by atoms with Crippen LogP contribution in [-0.2, 0) is 0 Å². The number of hydrogen-bond acceptors (Lipinski definition) is 3. The van der Waals surface area contributed by atoms with Crippen molar-refractivity contribution in [3.8, 4) is 5.75 Å². The number of hydrogen-bond donors (Lipinski definition) is 1. The number of nitrogens with zero attached hydrogens (tertiary/aromatic N) is 1. The van der Waals surface area contributed by atoms with Crippen molar-refractivity contribution in [3.05, 3.63) is 24.3 Å². The van der Waals surface area contributed by atoms with Crippen molar-refractivity contribution < 1.29 is 4.74 Å². The quantitative estimate of drug-likeness (QED) is 0.802. The highest BCUT2D eigenvalue weighted by Gasteiger charge is 2.13. The Balaban J connectivity index is 2.91. The van der Waals surface area contributed by atoms with E-state index in [9.17, 15) is 0 Å². The minimum atomic E-state index is 0.447. The highest BCUT2D eigenvalue weighted by atomic mass is 16.5. The zero-order valence-corrected chi connectivity index (χ0v) is 10.4. The van der Waals surface area contributed by atoms with E-state index in [2.05, 4.69) is 24.8 Å². The fourth-order valence-electron chi connectivity index (χ4n) is 1.79. The van der Waals surface area contributed by atoms with E-state index in [1.165, 1.54) is 0 Å². The van der Waals surface area contributed by atoms with Gasteiger partial charge in [-0.15, -0.1) is 0 Å². The zero-order valence-electron chi connectivity index (χ0n) is 10.4. The van der Waals surface area contributed by atoms with E-state index in [0.717, 1.165) is 30.9 Å². The van der Waals surface area contributed by atoms with E-state index in [0.29, 0.717) is 6.04 Å². The largest absolute Gasteiger partial charge is 0.495 e. The maximum Gasteiger partial charge on any atom is 0.142 e. The average molecular weight is 222 g/mol. The Labute approximate surface area is 98.2 Å². The van der Waals surface area contributed by atoms with Crippen LogP contribution in [0.3, 0.4) is 0 Å². The summed E-state index contributed by atoms with van der Waals surface area (Å²) < 4.78 is 5.38. The maximum atomic E-state index is 5.57. The highest BCUT2D eigenvalue weighted by molar-refractivity contribution is 5.58. The normalized spacial score (nSPS) is 10.6. The van der Waals surface area contributed by atoms with Gasteiger partial charge in [0.05, 0.1) is 12.8 Å². The van der Waals surface area contributed by atoms with Crippen LogP contribution in [0, 0.1) is 0 Å². The van der Waals surface area contributed by atoms with Gasteiger partial charge in [-0.05, 0) is 38.9 Å². The first-order valence-corrected chi connectivity index (χ1v) is 5.80. The summed E-state index contributed by atoms with van der Waals surface area (Å²) in [7, 11) is 1.71. The predicted octanol–water partition coefficient (Wildman–Crippen LogP) is 2.26. The van der Waals surface area contributed by atoms with Crippen LogP contribution in [-0.4, -0.2) is 26.2 Å². The summed E-state index contributed by atoms with van der Waals surface area (Å²) in [5.74, 6) is 0.924. The molecule has 1 aromatic rings.